The molecule has 0 atom stereocenters. The summed E-state index contributed by atoms with van der Waals surface area (Å²) in [6.45, 7) is 6.60. The van der Waals surface area contributed by atoms with E-state index in [1.165, 1.54) is 6.33 Å². The summed E-state index contributed by atoms with van der Waals surface area (Å²) in [4.78, 5) is 12.7. The first kappa shape index (κ1) is 13.7. The number of halogens is 1. The topological polar surface area (TPSA) is 76.7 Å². The highest BCUT2D eigenvalue weighted by atomic mass is 35.5. The van der Waals surface area contributed by atoms with Crippen LogP contribution in [0.5, 0.6) is 0 Å². The van der Waals surface area contributed by atoms with Crippen LogP contribution in [0.3, 0.4) is 0 Å². The average Bonchev–Trinajstić information content (AvgIpc) is 2.87. The fraction of sp³-hybridized carbons (Fsp3) is 0.500. The molecule has 6 nitrogen and oxygen atoms in total. The Balaban J connectivity index is 2.06. The SMILES string of the molecule is Cc1c(Cl)nc(C(C)C)nc1NCCc1ncno1. The molecule has 0 spiro atoms. The van der Waals surface area contributed by atoms with Gasteiger partial charge < -0.3 is 9.84 Å². The van der Waals surface area contributed by atoms with Crippen LogP contribution in [0, 0.1) is 6.92 Å². The molecule has 102 valence electrons. The molecule has 0 aliphatic heterocycles. The summed E-state index contributed by atoms with van der Waals surface area (Å²) in [5.74, 6) is 2.31. The molecule has 0 radical (unpaired) electrons. The van der Waals surface area contributed by atoms with Gasteiger partial charge in [0.2, 0.25) is 5.89 Å². The first-order valence-electron chi connectivity index (χ1n) is 6.11. The predicted molar refractivity (Wildman–Crippen MR) is 72.4 cm³/mol. The Bertz CT molecular complexity index is 541. The predicted octanol–water partition coefficient (Wildman–Crippen LogP) is 2.60. The zero-order valence-electron chi connectivity index (χ0n) is 11.1. The smallest absolute Gasteiger partial charge is 0.228 e. The lowest BCUT2D eigenvalue weighted by molar-refractivity contribution is 0.379. The highest BCUT2D eigenvalue weighted by Crippen LogP contribution is 2.22. The van der Waals surface area contributed by atoms with E-state index < -0.39 is 0 Å². The lowest BCUT2D eigenvalue weighted by atomic mass is 10.2. The fourth-order valence-electron chi connectivity index (χ4n) is 1.53. The van der Waals surface area contributed by atoms with Crippen LogP contribution in [0.2, 0.25) is 5.15 Å². The van der Waals surface area contributed by atoms with E-state index in [1.54, 1.807) is 0 Å². The first-order valence-corrected chi connectivity index (χ1v) is 6.49. The van der Waals surface area contributed by atoms with E-state index in [1.807, 2.05) is 20.8 Å². The van der Waals surface area contributed by atoms with E-state index in [9.17, 15) is 0 Å². The van der Waals surface area contributed by atoms with E-state index in [4.69, 9.17) is 16.1 Å². The molecule has 0 bridgehead atoms. The van der Waals surface area contributed by atoms with Crippen LogP contribution in [-0.4, -0.2) is 26.7 Å². The molecule has 2 rings (SSSR count). The van der Waals surface area contributed by atoms with Gasteiger partial charge >= 0.3 is 0 Å². The molecular weight excluding hydrogens is 266 g/mol. The largest absolute Gasteiger partial charge is 0.369 e. The molecule has 0 saturated carbocycles. The quantitative estimate of drug-likeness (QED) is 0.849. The number of anilines is 1. The zero-order valence-corrected chi connectivity index (χ0v) is 11.9. The van der Waals surface area contributed by atoms with Crippen molar-refractivity contribution in [1.82, 2.24) is 20.1 Å². The number of aromatic nitrogens is 4. The molecule has 7 heteroatoms. The minimum Gasteiger partial charge on any atom is -0.369 e. The Labute approximate surface area is 116 Å². The van der Waals surface area contributed by atoms with Gasteiger partial charge in [0.1, 0.15) is 16.8 Å². The fourth-order valence-corrected chi connectivity index (χ4v) is 1.71. The molecule has 0 aromatic carbocycles. The van der Waals surface area contributed by atoms with Gasteiger partial charge in [0, 0.05) is 24.4 Å². The maximum Gasteiger partial charge on any atom is 0.228 e. The molecule has 0 aliphatic rings. The van der Waals surface area contributed by atoms with Crippen molar-refractivity contribution in [1.29, 1.82) is 0 Å². The van der Waals surface area contributed by atoms with Crippen LogP contribution < -0.4 is 5.32 Å². The van der Waals surface area contributed by atoms with Crippen molar-refractivity contribution in [2.45, 2.75) is 33.1 Å². The molecular formula is C12H16ClN5O. The maximum absolute atomic E-state index is 6.11. The second kappa shape index (κ2) is 5.97. The Kier molecular flexibility index (Phi) is 4.31. The summed E-state index contributed by atoms with van der Waals surface area (Å²) in [6, 6.07) is 0. The van der Waals surface area contributed by atoms with Crippen molar-refractivity contribution < 1.29 is 4.52 Å². The summed E-state index contributed by atoms with van der Waals surface area (Å²) in [5, 5.41) is 7.27. The molecule has 0 amide bonds. The van der Waals surface area contributed by atoms with Gasteiger partial charge in [0.25, 0.3) is 0 Å². The van der Waals surface area contributed by atoms with Crippen LogP contribution in [0.15, 0.2) is 10.9 Å². The molecule has 2 aromatic heterocycles. The lowest BCUT2D eigenvalue weighted by Crippen LogP contribution is -2.11. The van der Waals surface area contributed by atoms with Crippen molar-refractivity contribution in [2.24, 2.45) is 0 Å². The maximum atomic E-state index is 6.11. The zero-order chi connectivity index (χ0) is 13.8. The number of nitrogens with one attached hydrogen (secondary N) is 1. The van der Waals surface area contributed by atoms with Gasteiger partial charge in [-0.1, -0.05) is 30.6 Å². The van der Waals surface area contributed by atoms with E-state index >= 15 is 0 Å². The Morgan fingerprint density at radius 2 is 2.16 bits per heavy atom. The normalized spacial score (nSPS) is 11.0. The highest BCUT2D eigenvalue weighted by molar-refractivity contribution is 6.30. The Hall–Kier alpha value is -1.69. The van der Waals surface area contributed by atoms with Gasteiger partial charge in [0.15, 0.2) is 6.33 Å². The van der Waals surface area contributed by atoms with Crippen LogP contribution >= 0.6 is 11.6 Å². The second-order valence-corrected chi connectivity index (χ2v) is 4.87. The Morgan fingerprint density at radius 3 is 2.79 bits per heavy atom. The van der Waals surface area contributed by atoms with Gasteiger partial charge in [-0.25, -0.2) is 9.97 Å². The summed E-state index contributed by atoms with van der Waals surface area (Å²) < 4.78 is 4.93. The van der Waals surface area contributed by atoms with Gasteiger partial charge in [-0.2, -0.15) is 4.98 Å². The molecule has 0 fully saturated rings. The third-order valence-electron chi connectivity index (χ3n) is 2.66. The molecule has 0 unspecified atom stereocenters. The first-order chi connectivity index (χ1) is 9.08. The molecule has 19 heavy (non-hydrogen) atoms. The molecule has 0 saturated heterocycles. The van der Waals surface area contributed by atoms with Crippen LogP contribution in [0.1, 0.15) is 37.0 Å². The summed E-state index contributed by atoms with van der Waals surface area (Å²) in [5.41, 5.74) is 0.844. The van der Waals surface area contributed by atoms with E-state index in [-0.39, 0.29) is 5.92 Å². The molecule has 2 aromatic rings. The Morgan fingerprint density at radius 1 is 1.37 bits per heavy atom. The average molecular weight is 282 g/mol. The van der Waals surface area contributed by atoms with Crippen molar-refractivity contribution in [3.63, 3.8) is 0 Å². The van der Waals surface area contributed by atoms with E-state index in [0.717, 1.165) is 17.2 Å². The third-order valence-corrected chi connectivity index (χ3v) is 3.03. The molecule has 2 heterocycles. The lowest BCUT2D eigenvalue weighted by Gasteiger charge is -2.12. The van der Waals surface area contributed by atoms with Gasteiger partial charge in [-0.05, 0) is 6.92 Å². The van der Waals surface area contributed by atoms with Crippen LogP contribution in [-0.2, 0) is 6.42 Å². The van der Waals surface area contributed by atoms with Crippen molar-refractivity contribution in [3.8, 4) is 0 Å². The number of hydrogen-bond acceptors (Lipinski definition) is 6. The van der Waals surface area contributed by atoms with Crippen LogP contribution in [0.25, 0.3) is 0 Å². The van der Waals surface area contributed by atoms with Gasteiger partial charge in [-0.15, -0.1) is 0 Å². The number of hydrogen-bond donors (Lipinski definition) is 1. The second-order valence-electron chi connectivity index (χ2n) is 4.51. The summed E-state index contributed by atoms with van der Waals surface area (Å²) in [6.07, 6.45) is 2.02. The molecule has 0 aliphatic carbocycles. The summed E-state index contributed by atoms with van der Waals surface area (Å²) in [7, 11) is 0. The molecule has 1 N–H and O–H groups in total. The van der Waals surface area contributed by atoms with Crippen LogP contribution in [0.4, 0.5) is 5.82 Å². The minimum atomic E-state index is 0.231. The summed E-state index contributed by atoms with van der Waals surface area (Å²) >= 11 is 6.11. The van der Waals surface area contributed by atoms with Gasteiger partial charge in [-0.3, -0.25) is 0 Å². The van der Waals surface area contributed by atoms with E-state index in [0.29, 0.717) is 24.0 Å². The van der Waals surface area contributed by atoms with Crippen molar-refractivity contribution >= 4 is 17.4 Å². The van der Waals surface area contributed by atoms with Gasteiger partial charge in [0.05, 0.1) is 0 Å². The van der Waals surface area contributed by atoms with Crippen molar-refractivity contribution in [3.05, 3.63) is 28.8 Å². The third kappa shape index (κ3) is 3.41. The highest BCUT2D eigenvalue weighted by Gasteiger charge is 2.11. The standard InChI is InChI=1S/C12H16ClN5O/c1-7(2)11-17-10(13)8(3)12(18-11)14-5-4-9-15-6-16-19-9/h6-7H,4-5H2,1-3H3,(H,14,17,18). The van der Waals surface area contributed by atoms with Crippen molar-refractivity contribution in [2.75, 3.05) is 11.9 Å². The minimum absolute atomic E-state index is 0.231. The number of rotatable bonds is 5. The monoisotopic (exact) mass is 281 g/mol. The number of nitrogens with zero attached hydrogens (tertiary/aromatic N) is 4. The van der Waals surface area contributed by atoms with E-state index in [2.05, 4.69) is 25.4 Å².